The fraction of sp³-hybridized carbons (Fsp3) is 0.688. The Morgan fingerprint density at radius 3 is 1.97 bits per heavy atom. The molecule has 13 heteroatoms. The number of amides is 4. The molecule has 0 aliphatic carbocycles. The van der Waals surface area contributed by atoms with Crippen molar-refractivity contribution in [2.45, 2.75) is 56.8 Å². The van der Waals surface area contributed by atoms with E-state index in [2.05, 4.69) is 16.0 Å². The number of carbonyl (C=O) groups excluding carboxylic acids is 4. The van der Waals surface area contributed by atoms with E-state index < -0.39 is 66.8 Å². The Labute approximate surface area is 167 Å². The smallest absolute Gasteiger partial charge is 0.325 e. The summed E-state index contributed by atoms with van der Waals surface area (Å²) in [5.41, 5.74) is 16.0. The van der Waals surface area contributed by atoms with Crippen molar-refractivity contribution in [1.29, 1.82) is 0 Å². The summed E-state index contributed by atoms with van der Waals surface area (Å²) in [4.78, 5) is 58.4. The van der Waals surface area contributed by atoms with Crippen LogP contribution in [-0.2, 0) is 24.0 Å². The van der Waals surface area contributed by atoms with E-state index in [1.54, 1.807) is 0 Å². The minimum atomic E-state index is -1.43. The number of carboxylic acids is 1. The summed E-state index contributed by atoms with van der Waals surface area (Å²) in [6, 6.07) is -5.05. The van der Waals surface area contributed by atoms with Crippen LogP contribution in [0.15, 0.2) is 0 Å². The third-order valence-corrected chi connectivity index (χ3v) is 3.88. The van der Waals surface area contributed by atoms with Gasteiger partial charge in [-0.15, -0.1) is 0 Å². The first-order valence-electron chi connectivity index (χ1n) is 9.02. The second-order valence-corrected chi connectivity index (χ2v) is 6.43. The Hall–Kier alpha value is -2.77. The molecule has 166 valence electrons. The summed E-state index contributed by atoms with van der Waals surface area (Å²) in [5.74, 6) is -4.58. The molecule has 4 atom stereocenters. The molecule has 0 aromatic rings. The van der Waals surface area contributed by atoms with Gasteiger partial charge >= 0.3 is 5.97 Å². The molecule has 4 unspecified atom stereocenters. The number of nitrogens with one attached hydrogen (secondary N) is 3. The van der Waals surface area contributed by atoms with Gasteiger partial charge in [-0.25, -0.2) is 0 Å². The molecule has 0 fully saturated rings. The Morgan fingerprint density at radius 1 is 0.931 bits per heavy atom. The molecular weight excluding hydrogens is 388 g/mol. The van der Waals surface area contributed by atoms with Crippen molar-refractivity contribution in [3.8, 4) is 0 Å². The average molecular weight is 418 g/mol. The number of aliphatic hydroxyl groups excluding tert-OH is 1. The van der Waals surface area contributed by atoms with E-state index in [9.17, 15) is 29.1 Å². The highest BCUT2D eigenvalue weighted by Crippen LogP contribution is 2.03. The van der Waals surface area contributed by atoms with Gasteiger partial charge in [0.1, 0.15) is 18.1 Å². The first-order chi connectivity index (χ1) is 13.5. The number of nitrogens with two attached hydrogens (primary N) is 3. The van der Waals surface area contributed by atoms with E-state index in [0.717, 1.165) is 0 Å². The predicted molar refractivity (Wildman–Crippen MR) is 101 cm³/mol. The molecule has 0 rings (SSSR count). The van der Waals surface area contributed by atoms with Gasteiger partial charge in [-0.1, -0.05) is 0 Å². The van der Waals surface area contributed by atoms with Crippen LogP contribution in [0.25, 0.3) is 0 Å². The van der Waals surface area contributed by atoms with Crippen LogP contribution in [0.3, 0.4) is 0 Å². The van der Waals surface area contributed by atoms with Crippen molar-refractivity contribution < 1.29 is 34.2 Å². The monoisotopic (exact) mass is 418 g/mol. The lowest BCUT2D eigenvalue weighted by Gasteiger charge is -2.23. The van der Waals surface area contributed by atoms with E-state index >= 15 is 0 Å². The van der Waals surface area contributed by atoms with Crippen molar-refractivity contribution in [1.82, 2.24) is 16.0 Å². The van der Waals surface area contributed by atoms with E-state index in [4.69, 9.17) is 22.3 Å². The van der Waals surface area contributed by atoms with Gasteiger partial charge in [0.05, 0.1) is 19.1 Å². The SMILES string of the molecule is CC(NC(=O)C(CO)NC(=O)C(CCCCN)NC(=O)C(N)CC(N)=O)C(=O)O. The van der Waals surface area contributed by atoms with Crippen LogP contribution in [-0.4, -0.2) is 77.1 Å². The number of carbonyl (C=O) groups is 5. The van der Waals surface area contributed by atoms with Gasteiger partial charge in [-0.3, -0.25) is 24.0 Å². The lowest BCUT2D eigenvalue weighted by atomic mass is 10.1. The molecule has 0 saturated heterocycles. The van der Waals surface area contributed by atoms with Gasteiger partial charge < -0.3 is 43.4 Å². The third kappa shape index (κ3) is 10.4. The zero-order valence-electron chi connectivity index (χ0n) is 16.2. The summed E-state index contributed by atoms with van der Waals surface area (Å²) >= 11 is 0. The Kier molecular flexibility index (Phi) is 12.1. The highest BCUT2D eigenvalue weighted by molar-refractivity contribution is 5.94. The Balaban J connectivity index is 5.11. The van der Waals surface area contributed by atoms with E-state index in [1.165, 1.54) is 6.92 Å². The number of rotatable bonds is 14. The third-order valence-electron chi connectivity index (χ3n) is 3.88. The van der Waals surface area contributed by atoms with Crippen molar-refractivity contribution in [3.63, 3.8) is 0 Å². The van der Waals surface area contributed by atoms with E-state index in [1.807, 2.05) is 0 Å². The zero-order chi connectivity index (χ0) is 22.6. The van der Waals surface area contributed by atoms with Gasteiger partial charge in [-0.2, -0.15) is 0 Å². The van der Waals surface area contributed by atoms with Crippen LogP contribution in [0.2, 0.25) is 0 Å². The normalized spacial score (nSPS) is 14.8. The Bertz CT molecular complexity index is 600. The lowest BCUT2D eigenvalue weighted by molar-refractivity contribution is -0.142. The molecule has 0 aliphatic rings. The topological polar surface area (TPSA) is 240 Å². The fourth-order valence-corrected chi connectivity index (χ4v) is 2.19. The zero-order valence-corrected chi connectivity index (χ0v) is 16.2. The minimum Gasteiger partial charge on any atom is -0.480 e. The van der Waals surface area contributed by atoms with Gasteiger partial charge in [-0.05, 0) is 32.7 Å². The standard InChI is InChI=1S/C16H30N6O7/c1-8(16(28)29)20-15(27)11(7-23)22-14(26)10(4-2-3-5-17)21-13(25)9(18)6-12(19)24/h8-11,23H,2-7,17-18H2,1H3,(H2,19,24)(H,20,27)(H,21,25)(H,22,26)(H,28,29). The number of hydrogen-bond acceptors (Lipinski definition) is 8. The number of primary amides is 1. The summed E-state index contributed by atoms with van der Waals surface area (Å²) in [5, 5.41) is 24.9. The van der Waals surface area contributed by atoms with Crippen LogP contribution in [0.1, 0.15) is 32.6 Å². The molecule has 13 nitrogen and oxygen atoms in total. The Morgan fingerprint density at radius 2 is 1.48 bits per heavy atom. The fourth-order valence-electron chi connectivity index (χ4n) is 2.19. The summed E-state index contributed by atoms with van der Waals surface area (Å²) < 4.78 is 0. The number of carboxylic acid groups (broad SMARTS) is 1. The van der Waals surface area contributed by atoms with Gasteiger partial charge in [0.2, 0.25) is 23.6 Å². The average Bonchev–Trinajstić information content (AvgIpc) is 2.64. The van der Waals surface area contributed by atoms with Gasteiger partial charge in [0, 0.05) is 0 Å². The van der Waals surface area contributed by atoms with Crippen LogP contribution in [0.5, 0.6) is 0 Å². The van der Waals surface area contributed by atoms with Crippen molar-refractivity contribution in [2.75, 3.05) is 13.2 Å². The van der Waals surface area contributed by atoms with Crippen LogP contribution >= 0.6 is 0 Å². The molecule has 0 aromatic carbocycles. The molecule has 4 amide bonds. The summed E-state index contributed by atoms with van der Waals surface area (Å²) in [6.07, 6.45) is 0.764. The maximum absolute atomic E-state index is 12.5. The molecule has 0 spiro atoms. The molecule has 11 N–H and O–H groups in total. The highest BCUT2D eigenvalue weighted by atomic mass is 16.4. The van der Waals surface area contributed by atoms with Crippen LogP contribution in [0.4, 0.5) is 0 Å². The molecular formula is C16H30N6O7. The largest absolute Gasteiger partial charge is 0.480 e. The lowest BCUT2D eigenvalue weighted by Crippen LogP contribution is -2.58. The maximum Gasteiger partial charge on any atom is 0.325 e. The number of aliphatic hydroxyl groups is 1. The first kappa shape index (κ1) is 26.2. The second kappa shape index (κ2) is 13.4. The molecule has 0 aliphatic heterocycles. The van der Waals surface area contributed by atoms with Gasteiger partial charge in [0.15, 0.2) is 0 Å². The molecule has 0 saturated carbocycles. The molecule has 0 aromatic heterocycles. The number of unbranched alkanes of at least 4 members (excludes halogenated alkanes) is 1. The van der Waals surface area contributed by atoms with Crippen molar-refractivity contribution >= 4 is 29.6 Å². The number of hydrogen-bond donors (Lipinski definition) is 8. The molecule has 0 radical (unpaired) electrons. The second-order valence-electron chi connectivity index (χ2n) is 6.43. The maximum atomic E-state index is 12.5. The van der Waals surface area contributed by atoms with Gasteiger partial charge in [0.25, 0.3) is 0 Å². The van der Waals surface area contributed by atoms with E-state index in [0.29, 0.717) is 19.4 Å². The van der Waals surface area contributed by atoms with Crippen LogP contribution < -0.4 is 33.2 Å². The van der Waals surface area contributed by atoms with Crippen molar-refractivity contribution in [2.24, 2.45) is 17.2 Å². The quantitative estimate of drug-likeness (QED) is 0.128. The molecule has 0 bridgehead atoms. The highest BCUT2D eigenvalue weighted by Gasteiger charge is 2.29. The van der Waals surface area contributed by atoms with E-state index in [-0.39, 0.29) is 6.42 Å². The summed E-state index contributed by atoms with van der Waals surface area (Å²) in [6.45, 7) is 0.777. The predicted octanol–water partition coefficient (Wildman–Crippen LogP) is -4.13. The van der Waals surface area contributed by atoms with Crippen molar-refractivity contribution in [3.05, 3.63) is 0 Å². The molecule has 0 heterocycles. The molecule has 29 heavy (non-hydrogen) atoms. The minimum absolute atomic E-state index is 0.156. The first-order valence-corrected chi connectivity index (χ1v) is 9.02. The van der Waals surface area contributed by atoms with Crippen LogP contribution in [0, 0.1) is 0 Å². The summed E-state index contributed by atoms with van der Waals surface area (Å²) in [7, 11) is 0. The number of aliphatic carboxylic acids is 1.